The van der Waals surface area contributed by atoms with Gasteiger partial charge in [-0.25, -0.2) is 9.79 Å². The number of ether oxygens (including phenoxy) is 1. The van der Waals surface area contributed by atoms with Crippen molar-refractivity contribution in [3.63, 3.8) is 0 Å². The molecule has 0 aliphatic carbocycles. The molecule has 0 atom stereocenters. The van der Waals surface area contributed by atoms with Crippen LogP contribution in [-0.4, -0.2) is 35.7 Å². The molecule has 0 fully saturated rings. The summed E-state index contributed by atoms with van der Waals surface area (Å²) in [4.78, 5) is 40.0. The Kier molecular flexibility index (Phi) is 6.39. The van der Waals surface area contributed by atoms with Gasteiger partial charge in [-0.05, 0) is 54.1 Å². The molecule has 0 radical (unpaired) electrons. The van der Waals surface area contributed by atoms with Crippen LogP contribution in [-0.2, 0) is 11.2 Å². The van der Waals surface area contributed by atoms with Gasteiger partial charge in [-0.15, -0.1) is 0 Å². The van der Waals surface area contributed by atoms with E-state index in [1.165, 1.54) is 36.6 Å². The Morgan fingerprint density at radius 2 is 1.73 bits per heavy atom. The van der Waals surface area contributed by atoms with Gasteiger partial charge in [0.25, 0.3) is 5.91 Å². The molecule has 1 aromatic heterocycles. The summed E-state index contributed by atoms with van der Waals surface area (Å²) in [5.74, 6) is -1.67. The van der Waals surface area contributed by atoms with Gasteiger partial charge in [0.05, 0.1) is 18.9 Å². The number of furan rings is 1. The number of carboxylic acid groups (broad SMARTS) is 1. The highest BCUT2D eigenvalue weighted by Crippen LogP contribution is 2.14. The maximum Gasteiger partial charge on any atom is 0.335 e. The average Bonchev–Trinajstić information content (AvgIpc) is 3.29. The van der Waals surface area contributed by atoms with Gasteiger partial charge < -0.3 is 19.6 Å². The number of nitrogens with one attached hydrogen (secondary N) is 1. The second-order valence-corrected chi connectivity index (χ2v) is 6.20. The summed E-state index contributed by atoms with van der Waals surface area (Å²) in [6, 6.07) is 15.7. The predicted octanol–water partition coefficient (Wildman–Crippen LogP) is 3.45. The standard InChI is InChI=1S/C22H18N2O6/c1-29-17-10-4-14(5-11-17)13-18(24-21(26)19-3-2-12-30-19)20(25)23-16-8-6-15(7-9-16)22(27)28/h2-12H,13H2,1H3,(H,23,25)(H,27,28). The summed E-state index contributed by atoms with van der Waals surface area (Å²) >= 11 is 0. The first-order chi connectivity index (χ1) is 14.5. The van der Waals surface area contributed by atoms with Gasteiger partial charge in [0.15, 0.2) is 5.76 Å². The lowest BCUT2D eigenvalue weighted by molar-refractivity contribution is -0.110. The van der Waals surface area contributed by atoms with Crippen LogP contribution in [0.3, 0.4) is 0 Å². The van der Waals surface area contributed by atoms with Crippen molar-refractivity contribution in [2.45, 2.75) is 6.42 Å². The Labute approximate surface area is 171 Å². The minimum absolute atomic E-state index is 0.0147. The summed E-state index contributed by atoms with van der Waals surface area (Å²) < 4.78 is 10.2. The smallest absolute Gasteiger partial charge is 0.335 e. The number of methoxy groups -OCH3 is 1. The van der Waals surface area contributed by atoms with E-state index in [1.54, 1.807) is 37.4 Å². The highest BCUT2D eigenvalue weighted by atomic mass is 16.5. The Hall–Kier alpha value is -4.20. The number of anilines is 1. The Morgan fingerprint density at radius 3 is 2.30 bits per heavy atom. The second-order valence-electron chi connectivity index (χ2n) is 6.20. The average molecular weight is 406 g/mol. The van der Waals surface area contributed by atoms with E-state index >= 15 is 0 Å². The van der Waals surface area contributed by atoms with Gasteiger partial charge in [-0.1, -0.05) is 12.1 Å². The highest BCUT2D eigenvalue weighted by molar-refractivity contribution is 6.45. The van der Waals surface area contributed by atoms with E-state index in [0.717, 1.165) is 5.56 Å². The van der Waals surface area contributed by atoms with Crippen LogP contribution >= 0.6 is 0 Å². The first-order valence-electron chi connectivity index (χ1n) is 8.89. The molecule has 8 nitrogen and oxygen atoms in total. The monoisotopic (exact) mass is 406 g/mol. The van der Waals surface area contributed by atoms with Gasteiger partial charge in [-0.2, -0.15) is 0 Å². The third-order valence-corrected chi connectivity index (χ3v) is 4.15. The predicted molar refractivity (Wildman–Crippen MR) is 109 cm³/mol. The largest absolute Gasteiger partial charge is 0.497 e. The van der Waals surface area contributed by atoms with Crippen LogP contribution in [0.1, 0.15) is 26.5 Å². The van der Waals surface area contributed by atoms with E-state index in [9.17, 15) is 14.4 Å². The van der Waals surface area contributed by atoms with Crippen LogP contribution in [0.4, 0.5) is 5.69 Å². The molecule has 2 N–H and O–H groups in total. The summed E-state index contributed by atoms with van der Waals surface area (Å²) in [6.07, 6.45) is 1.44. The van der Waals surface area contributed by atoms with E-state index in [0.29, 0.717) is 11.4 Å². The van der Waals surface area contributed by atoms with Gasteiger partial charge in [0.2, 0.25) is 0 Å². The summed E-state index contributed by atoms with van der Waals surface area (Å²) in [7, 11) is 1.55. The van der Waals surface area contributed by atoms with E-state index in [1.807, 2.05) is 0 Å². The van der Waals surface area contributed by atoms with Crippen LogP contribution in [0.2, 0.25) is 0 Å². The molecule has 152 valence electrons. The van der Waals surface area contributed by atoms with Gasteiger partial charge in [-0.3, -0.25) is 9.59 Å². The molecule has 0 saturated heterocycles. The number of aliphatic imine (C=N–C) groups is 1. The SMILES string of the molecule is COc1ccc(CC(=NC(=O)c2ccco2)C(=O)Nc2ccc(C(=O)O)cc2)cc1. The second kappa shape index (κ2) is 9.33. The zero-order chi connectivity index (χ0) is 21.5. The third kappa shape index (κ3) is 5.20. The number of hydrogen-bond acceptors (Lipinski definition) is 5. The lowest BCUT2D eigenvalue weighted by atomic mass is 10.1. The highest BCUT2D eigenvalue weighted by Gasteiger charge is 2.17. The fraction of sp³-hybridized carbons (Fsp3) is 0.0909. The van der Waals surface area contributed by atoms with Crippen molar-refractivity contribution < 1.29 is 28.6 Å². The van der Waals surface area contributed by atoms with Crippen LogP contribution in [0.5, 0.6) is 5.75 Å². The Morgan fingerprint density at radius 1 is 1.03 bits per heavy atom. The van der Waals surface area contributed by atoms with E-state index in [-0.39, 0.29) is 23.5 Å². The summed E-state index contributed by atoms with van der Waals surface area (Å²) in [5, 5.41) is 11.6. The lowest BCUT2D eigenvalue weighted by Gasteiger charge is -2.09. The van der Waals surface area contributed by atoms with Crippen LogP contribution < -0.4 is 10.1 Å². The molecule has 3 rings (SSSR count). The fourth-order valence-corrected chi connectivity index (χ4v) is 2.58. The van der Waals surface area contributed by atoms with Gasteiger partial charge >= 0.3 is 11.9 Å². The van der Waals surface area contributed by atoms with Crippen molar-refractivity contribution in [2.24, 2.45) is 4.99 Å². The minimum Gasteiger partial charge on any atom is -0.497 e. The number of rotatable bonds is 7. The molecule has 3 aromatic rings. The maximum absolute atomic E-state index is 12.8. The molecule has 2 aromatic carbocycles. The van der Waals surface area contributed by atoms with Gasteiger partial charge in [0.1, 0.15) is 11.5 Å². The molecule has 2 amide bonds. The minimum atomic E-state index is -1.07. The number of carboxylic acids is 1. The quantitative estimate of drug-likeness (QED) is 0.580. The molecule has 0 aliphatic rings. The first kappa shape index (κ1) is 20.5. The molecule has 0 saturated carbocycles. The fourth-order valence-electron chi connectivity index (χ4n) is 2.58. The van der Waals surface area contributed by atoms with Gasteiger partial charge in [0, 0.05) is 12.1 Å². The van der Waals surface area contributed by atoms with Crippen molar-refractivity contribution in [1.82, 2.24) is 0 Å². The lowest BCUT2D eigenvalue weighted by Crippen LogP contribution is -2.26. The van der Waals surface area contributed by atoms with Crippen molar-refractivity contribution in [1.29, 1.82) is 0 Å². The molecule has 0 unspecified atom stereocenters. The van der Waals surface area contributed by atoms with E-state index in [4.69, 9.17) is 14.3 Å². The number of carbonyl (C=O) groups is 3. The van der Waals surface area contributed by atoms with Crippen LogP contribution in [0, 0.1) is 0 Å². The van der Waals surface area contributed by atoms with Crippen molar-refractivity contribution in [3.8, 4) is 5.75 Å². The molecule has 0 spiro atoms. The summed E-state index contributed by atoms with van der Waals surface area (Å²) in [5.41, 5.74) is 1.19. The Bertz CT molecular complexity index is 1070. The zero-order valence-electron chi connectivity index (χ0n) is 16.0. The van der Waals surface area contributed by atoms with Crippen molar-refractivity contribution in [2.75, 3.05) is 12.4 Å². The molecule has 8 heteroatoms. The van der Waals surface area contributed by atoms with E-state index < -0.39 is 17.8 Å². The Balaban J connectivity index is 1.84. The summed E-state index contributed by atoms with van der Waals surface area (Å²) in [6.45, 7) is 0. The molecular weight excluding hydrogens is 388 g/mol. The first-order valence-corrected chi connectivity index (χ1v) is 8.89. The number of aromatic carboxylic acids is 1. The molecule has 30 heavy (non-hydrogen) atoms. The zero-order valence-corrected chi connectivity index (χ0v) is 16.0. The molecule has 0 aliphatic heterocycles. The molecular formula is C22H18N2O6. The number of hydrogen-bond donors (Lipinski definition) is 2. The van der Waals surface area contributed by atoms with Crippen LogP contribution in [0.15, 0.2) is 76.3 Å². The number of carbonyl (C=O) groups excluding carboxylic acids is 2. The van der Waals surface area contributed by atoms with Crippen molar-refractivity contribution >= 4 is 29.2 Å². The normalized spacial score (nSPS) is 11.0. The molecule has 1 heterocycles. The third-order valence-electron chi connectivity index (χ3n) is 4.15. The molecule has 0 bridgehead atoms. The number of benzene rings is 2. The maximum atomic E-state index is 12.8. The van der Waals surface area contributed by atoms with Crippen LogP contribution in [0.25, 0.3) is 0 Å². The number of nitrogens with zero attached hydrogens (tertiary/aromatic N) is 1. The topological polar surface area (TPSA) is 118 Å². The number of amides is 2. The van der Waals surface area contributed by atoms with E-state index in [2.05, 4.69) is 10.3 Å². The van der Waals surface area contributed by atoms with Crippen molar-refractivity contribution in [3.05, 3.63) is 83.8 Å².